The van der Waals surface area contributed by atoms with E-state index in [1.807, 2.05) is 19.1 Å². The largest absolute Gasteiger partial charge is 0.382 e. The van der Waals surface area contributed by atoms with Crippen LogP contribution in [0.5, 0.6) is 0 Å². The Morgan fingerprint density at radius 2 is 1.96 bits per heavy atom. The van der Waals surface area contributed by atoms with E-state index in [0.717, 1.165) is 51.3 Å². The second-order valence-electron chi connectivity index (χ2n) is 7.71. The van der Waals surface area contributed by atoms with Crippen molar-refractivity contribution >= 4 is 23.5 Å². The Hall–Kier alpha value is -1.63. The molecule has 2 aliphatic heterocycles. The highest BCUT2D eigenvalue weighted by Gasteiger charge is 2.43. The molecule has 0 unspecified atom stereocenters. The van der Waals surface area contributed by atoms with E-state index in [2.05, 4.69) is 11.8 Å². The zero-order valence-corrected chi connectivity index (χ0v) is 17.5. The van der Waals surface area contributed by atoms with Gasteiger partial charge in [0.1, 0.15) is 6.54 Å². The molecule has 0 spiro atoms. The van der Waals surface area contributed by atoms with E-state index in [1.165, 1.54) is 4.90 Å². The fraction of sp³-hybridized carbons (Fsp3) is 0.619. The van der Waals surface area contributed by atoms with Crippen LogP contribution in [0, 0.1) is 5.92 Å². The standard InChI is InChI=1S/C21H30ClN3O3/c1-3-28-12-4-10-23-11-9-19(16(2)13-23)25-20(26)15-24(21(25)27)14-17-5-7-18(22)8-6-17/h5-8,16,19H,3-4,9-15H2,1-2H3/t16-,19+/m1/s1. The molecule has 0 aliphatic carbocycles. The van der Waals surface area contributed by atoms with Gasteiger partial charge >= 0.3 is 6.03 Å². The second kappa shape index (κ2) is 9.72. The molecule has 3 rings (SSSR count). The van der Waals surface area contributed by atoms with Gasteiger partial charge in [-0.2, -0.15) is 0 Å². The summed E-state index contributed by atoms with van der Waals surface area (Å²) in [4.78, 5) is 31.1. The van der Waals surface area contributed by atoms with E-state index >= 15 is 0 Å². The maximum Gasteiger partial charge on any atom is 0.327 e. The highest BCUT2D eigenvalue weighted by molar-refractivity contribution is 6.30. The van der Waals surface area contributed by atoms with Crippen LogP contribution in [0.4, 0.5) is 4.79 Å². The maximum atomic E-state index is 12.9. The zero-order valence-electron chi connectivity index (χ0n) is 16.8. The Kier molecular flexibility index (Phi) is 7.32. The van der Waals surface area contributed by atoms with Gasteiger partial charge in [0, 0.05) is 50.5 Å². The molecule has 2 atom stereocenters. The van der Waals surface area contributed by atoms with Crippen molar-refractivity contribution in [3.8, 4) is 0 Å². The molecule has 28 heavy (non-hydrogen) atoms. The Morgan fingerprint density at radius 3 is 2.64 bits per heavy atom. The quantitative estimate of drug-likeness (QED) is 0.490. The van der Waals surface area contributed by atoms with E-state index in [4.69, 9.17) is 16.3 Å². The topological polar surface area (TPSA) is 53.1 Å². The molecule has 6 nitrogen and oxygen atoms in total. The van der Waals surface area contributed by atoms with Gasteiger partial charge in [-0.05, 0) is 43.4 Å². The molecular formula is C21H30ClN3O3. The van der Waals surface area contributed by atoms with Gasteiger partial charge in [0.2, 0.25) is 0 Å². The average molecular weight is 408 g/mol. The molecule has 0 aromatic heterocycles. The van der Waals surface area contributed by atoms with Crippen molar-refractivity contribution in [2.24, 2.45) is 5.92 Å². The van der Waals surface area contributed by atoms with Gasteiger partial charge in [-0.25, -0.2) is 4.79 Å². The molecule has 0 N–H and O–H groups in total. The summed E-state index contributed by atoms with van der Waals surface area (Å²) in [5, 5.41) is 0.663. The number of piperidine rings is 1. The van der Waals surface area contributed by atoms with Crippen molar-refractivity contribution in [1.82, 2.24) is 14.7 Å². The van der Waals surface area contributed by atoms with E-state index in [9.17, 15) is 9.59 Å². The first-order chi connectivity index (χ1) is 13.5. The third-order valence-electron chi connectivity index (χ3n) is 5.60. The minimum absolute atomic E-state index is 0.0154. The van der Waals surface area contributed by atoms with Gasteiger partial charge in [-0.1, -0.05) is 30.7 Å². The molecule has 1 aromatic carbocycles. The van der Waals surface area contributed by atoms with Crippen LogP contribution in [-0.4, -0.2) is 72.1 Å². The lowest BCUT2D eigenvalue weighted by molar-refractivity contribution is -0.128. The molecule has 0 bridgehead atoms. The van der Waals surface area contributed by atoms with Crippen molar-refractivity contribution in [3.63, 3.8) is 0 Å². The fourth-order valence-electron chi connectivity index (χ4n) is 4.17. The van der Waals surface area contributed by atoms with Crippen molar-refractivity contribution in [2.75, 3.05) is 39.4 Å². The number of hydrogen-bond donors (Lipinski definition) is 0. The second-order valence-corrected chi connectivity index (χ2v) is 8.15. The van der Waals surface area contributed by atoms with Crippen LogP contribution in [0.25, 0.3) is 0 Å². The van der Waals surface area contributed by atoms with Gasteiger partial charge in [-0.3, -0.25) is 9.69 Å². The molecule has 2 saturated heterocycles. The Bertz CT molecular complexity index is 682. The molecule has 3 amide bonds. The van der Waals surface area contributed by atoms with Gasteiger partial charge < -0.3 is 14.5 Å². The van der Waals surface area contributed by atoms with Crippen LogP contribution in [0.1, 0.15) is 32.3 Å². The summed E-state index contributed by atoms with van der Waals surface area (Å²) in [6.45, 7) is 9.10. The number of benzene rings is 1. The summed E-state index contributed by atoms with van der Waals surface area (Å²) < 4.78 is 5.41. The first-order valence-corrected chi connectivity index (χ1v) is 10.5. The molecule has 2 heterocycles. The number of carbonyl (C=O) groups excluding carboxylic acids is 2. The molecule has 7 heteroatoms. The first kappa shape index (κ1) is 21.1. The van der Waals surface area contributed by atoms with Gasteiger partial charge in [0.15, 0.2) is 0 Å². The summed E-state index contributed by atoms with van der Waals surface area (Å²) in [7, 11) is 0. The Labute approximate surface area is 172 Å². The summed E-state index contributed by atoms with van der Waals surface area (Å²) in [6, 6.07) is 7.22. The lowest BCUT2D eigenvalue weighted by Crippen LogP contribution is -2.52. The van der Waals surface area contributed by atoms with E-state index in [-0.39, 0.29) is 30.4 Å². The van der Waals surface area contributed by atoms with E-state index in [1.54, 1.807) is 17.0 Å². The fourth-order valence-corrected chi connectivity index (χ4v) is 4.29. The molecule has 1 aromatic rings. The predicted octanol–water partition coefficient (Wildman–Crippen LogP) is 3.24. The molecular weight excluding hydrogens is 378 g/mol. The van der Waals surface area contributed by atoms with Crippen molar-refractivity contribution in [3.05, 3.63) is 34.9 Å². The van der Waals surface area contributed by atoms with E-state index < -0.39 is 0 Å². The van der Waals surface area contributed by atoms with Crippen LogP contribution in [0.15, 0.2) is 24.3 Å². The maximum absolute atomic E-state index is 12.9. The van der Waals surface area contributed by atoms with Gasteiger partial charge in [0.25, 0.3) is 5.91 Å². The minimum atomic E-state index is -0.165. The summed E-state index contributed by atoms with van der Waals surface area (Å²) in [5.41, 5.74) is 0.976. The number of imide groups is 1. The number of nitrogens with zero attached hydrogens (tertiary/aromatic N) is 3. The van der Waals surface area contributed by atoms with Gasteiger partial charge in [0.05, 0.1) is 0 Å². The lowest BCUT2D eigenvalue weighted by atomic mass is 9.92. The van der Waals surface area contributed by atoms with Crippen LogP contribution >= 0.6 is 11.6 Å². The first-order valence-electron chi connectivity index (χ1n) is 10.1. The summed E-state index contributed by atoms with van der Waals surface area (Å²) >= 11 is 5.93. The monoisotopic (exact) mass is 407 g/mol. The highest BCUT2D eigenvalue weighted by atomic mass is 35.5. The molecule has 154 valence electrons. The number of likely N-dealkylation sites (tertiary alicyclic amines) is 1. The minimum Gasteiger partial charge on any atom is -0.382 e. The van der Waals surface area contributed by atoms with Crippen molar-refractivity contribution in [2.45, 2.75) is 39.3 Å². The van der Waals surface area contributed by atoms with Crippen molar-refractivity contribution < 1.29 is 14.3 Å². The van der Waals surface area contributed by atoms with Crippen LogP contribution in [0.2, 0.25) is 5.02 Å². The molecule has 0 radical (unpaired) electrons. The zero-order chi connectivity index (χ0) is 20.1. The third kappa shape index (κ3) is 5.04. The average Bonchev–Trinajstić information content (AvgIpc) is 2.94. The Morgan fingerprint density at radius 1 is 1.21 bits per heavy atom. The molecule has 0 saturated carbocycles. The predicted molar refractivity (Wildman–Crippen MR) is 109 cm³/mol. The molecule has 2 fully saturated rings. The Balaban J connectivity index is 1.55. The summed E-state index contributed by atoms with van der Waals surface area (Å²) in [6.07, 6.45) is 1.85. The highest BCUT2D eigenvalue weighted by Crippen LogP contribution is 2.27. The number of urea groups is 1. The summed E-state index contributed by atoms with van der Waals surface area (Å²) in [5.74, 6) is 0.185. The van der Waals surface area contributed by atoms with Crippen LogP contribution < -0.4 is 0 Å². The van der Waals surface area contributed by atoms with E-state index in [0.29, 0.717) is 11.6 Å². The number of hydrogen-bond acceptors (Lipinski definition) is 4. The normalized spacial score (nSPS) is 23.7. The van der Waals surface area contributed by atoms with Crippen LogP contribution in [0.3, 0.4) is 0 Å². The number of amides is 3. The van der Waals surface area contributed by atoms with Crippen molar-refractivity contribution in [1.29, 1.82) is 0 Å². The number of carbonyl (C=O) groups is 2. The number of halogens is 1. The smallest absolute Gasteiger partial charge is 0.327 e. The number of ether oxygens (including phenoxy) is 1. The molecule has 2 aliphatic rings. The number of rotatable bonds is 8. The van der Waals surface area contributed by atoms with Gasteiger partial charge in [-0.15, -0.1) is 0 Å². The van der Waals surface area contributed by atoms with Crippen LogP contribution in [-0.2, 0) is 16.1 Å². The lowest BCUT2D eigenvalue weighted by Gasteiger charge is -2.40. The third-order valence-corrected chi connectivity index (χ3v) is 5.85. The SMILES string of the molecule is CCOCCCN1CC[C@H](N2C(=O)CN(Cc3ccc(Cl)cc3)C2=O)[C@H](C)C1.